The second kappa shape index (κ2) is 8.70. The van der Waals surface area contributed by atoms with Gasteiger partial charge in [0, 0.05) is 18.1 Å². The van der Waals surface area contributed by atoms with Crippen LogP contribution in [0.25, 0.3) is 0 Å². The molecule has 4 heteroatoms. The van der Waals surface area contributed by atoms with Crippen molar-refractivity contribution in [1.82, 2.24) is 10.2 Å². The molecular formula is C22H27ClN2O. The average Bonchev–Trinajstić information content (AvgIpc) is 2.64. The van der Waals surface area contributed by atoms with Gasteiger partial charge in [0.2, 0.25) is 5.91 Å². The van der Waals surface area contributed by atoms with Gasteiger partial charge in [-0.1, -0.05) is 59.6 Å². The van der Waals surface area contributed by atoms with Crippen molar-refractivity contribution < 1.29 is 4.79 Å². The number of hydrogen-bond acceptors (Lipinski definition) is 2. The maximum atomic E-state index is 12.7. The number of halogens is 1. The lowest BCUT2D eigenvalue weighted by atomic mass is 9.95. The minimum absolute atomic E-state index is 0.0297. The minimum atomic E-state index is 0.0297. The van der Waals surface area contributed by atoms with Crippen molar-refractivity contribution in [2.24, 2.45) is 5.92 Å². The summed E-state index contributed by atoms with van der Waals surface area (Å²) in [5, 5.41) is 3.99. The van der Waals surface area contributed by atoms with Crippen molar-refractivity contribution in [1.29, 1.82) is 0 Å². The first-order valence-electron chi connectivity index (χ1n) is 9.35. The van der Waals surface area contributed by atoms with Gasteiger partial charge in [-0.15, -0.1) is 0 Å². The second-order valence-electron chi connectivity index (χ2n) is 7.31. The highest BCUT2D eigenvalue weighted by molar-refractivity contribution is 6.31. The van der Waals surface area contributed by atoms with Gasteiger partial charge >= 0.3 is 0 Å². The molecule has 1 aliphatic rings. The first-order chi connectivity index (χ1) is 12.5. The molecule has 2 aromatic carbocycles. The fraction of sp³-hybridized carbons (Fsp3) is 0.409. The summed E-state index contributed by atoms with van der Waals surface area (Å²) in [5.41, 5.74) is 3.51. The number of nitrogens with one attached hydrogen (secondary N) is 1. The molecule has 0 saturated carbocycles. The van der Waals surface area contributed by atoms with Crippen LogP contribution in [0, 0.1) is 12.8 Å². The smallest absolute Gasteiger partial charge is 0.224 e. The van der Waals surface area contributed by atoms with E-state index in [2.05, 4.69) is 47.5 Å². The molecule has 1 amide bonds. The van der Waals surface area contributed by atoms with E-state index in [1.165, 1.54) is 5.56 Å². The van der Waals surface area contributed by atoms with E-state index in [1.54, 1.807) is 0 Å². The van der Waals surface area contributed by atoms with E-state index >= 15 is 0 Å². The zero-order chi connectivity index (χ0) is 18.5. The molecule has 3 nitrogen and oxygen atoms in total. The van der Waals surface area contributed by atoms with Crippen LogP contribution in [0.1, 0.15) is 42.5 Å². The maximum Gasteiger partial charge on any atom is 0.224 e. The highest BCUT2D eigenvalue weighted by Gasteiger charge is 2.27. The van der Waals surface area contributed by atoms with E-state index in [1.807, 2.05) is 25.1 Å². The molecule has 3 rings (SSSR count). The summed E-state index contributed by atoms with van der Waals surface area (Å²) >= 11 is 6.28. The van der Waals surface area contributed by atoms with Crippen molar-refractivity contribution in [3.63, 3.8) is 0 Å². The molecule has 2 atom stereocenters. The van der Waals surface area contributed by atoms with E-state index in [0.717, 1.165) is 48.6 Å². The molecule has 0 aliphatic carbocycles. The van der Waals surface area contributed by atoms with Crippen molar-refractivity contribution in [2.45, 2.75) is 39.3 Å². The van der Waals surface area contributed by atoms with E-state index < -0.39 is 0 Å². The lowest BCUT2D eigenvalue weighted by Crippen LogP contribution is -2.43. The summed E-state index contributed by atoms with van der Waals surface area (Å²) in [6, 6.07) is 16.3. The zero-order valence-electron chi connectivity index (χ0n) is 15.5. The number of benzene rings is 2. The third-order valence-electron chi connectivity index (χ3n) is 5.16. The summed E-state index contributed by atoms with van der Waals surface area (Å²) in [4.78, 5) is 15.1. The Labute approximate surface area is 161 Å². The van der Waals surface area contributed by atoms with Crippen LogP contribution in [-0.4, -0.2) is 23.9 Å². The Balaban J connectivity index is 1.57. The van der Waals surface area contributed by atoms with Crippen LogP contribution in [0.15, 0.2) is 48.5 Å². The minimum Gasteiger partial charge on any atom is -0.349 e. The Hall–Kier alpha value is -1.84. The van der Waals surface area contributed by atoms with Gasteiger partial charge in [-0.3, -0.25) is 9.69 Å². The van der Waals surface area contributed by atoms with Gasteiger partial charge in [0.1, 0.15) is 0 Å². The normalized spacial score (nSPS) is 19.1. The van der Waals surface area contributed by atoms with Crippen molar-refractivity contribution >= 4 is 17.5 Å². The quantitative estimate of drug-likeness (QED) is 0.824. The molecule has 26 heavy (non-hydrogen) atoms. The van der Waals surface area contributed by atoms with Crippen LogP contribution in [0.3, 0.4) is 0 Å². The van der Waals surface area contributed by atoms with Crippen molar-refractivity contribution in [3.8, 4) is 0 Å². The van der Waals surface area contributed by atoms with Crippen LogP contribution in [-0.2, 0) is 11.3 Å². The third-order valence-corrected chi connectivity index (χ3v) is 5.53. The highest BCUT2D eigenvalue weighted by atomic mass is 35.5. The number of carbonyl (C=O) groups is 1. The number of piperidine rings is 1. The fourth-order valence-corrected chi connectivity index (χ4v) is 3.75. The van der Waals surface area contributed by atoms with Crippen LogP contribution < -0.4 is 5.32 Å². The van der Waals surface area contributed by atoms with Gasteiger partial charge in [0.15, 0.2) is 0 Å². The van der Waals surface area contributed by atoms with Crippen molar-refractivity contribution in [2.75, 3.05) is 13.1 Å². The Bertz CT molecular complexity index is 744. The predicted octanol–water partition coefficient (Wildman–Crippen LogP) is 4.74. The maximum absolute atomic E-state index is 12.7. The largest absolute Gasteiger partial charge is 0.349 e. The van der Waals surface area contributed by atoms with E-state index in [9.17, 15) is 4.79 Å². The third kappa shape index (κ3) is 4.87. The standard InChI is InChI=1S/C22H27ClN2O/c1-16-9-11-18(12-10-16)17(2)24-22(26)20-7-5-13-25(15-20)14-19-6-3-4-8-21(19)23/h3-4,6,8-12,17,20H,5,7,13-15H2,1-2H3,(H,24,26). The Morgan fingerprint density at radius 3 is 2.69 bits per heavy atom. The van der Waals surface area contributed by atoms with Crippen LogP contribution in [0.4, 0.5) is 0 Å². The Morgan fingerprint density at radius 2 is 1.96 bits per heavy atom. The van der Waals surface area contributed by atoms with Crippen molar-refractivity contribution in [3.05, 3.63) is 70.2 Å². The number of rotatable bonds is 5. The van der Waals surface area contributed by atoms with E-state index in [0.29, 0.717) is 0 Å². The zero-order valence-corrected chi connectivity index (χ0v) is 16.3. The molecule has 2 unspecified atom stereocenters. The predicted molar refractivity (Wildman–Crippen MR) is 107 cm³/mol. The number of hydrogen-bond donors (Lipinski definition) is 1. The molecule has 0 spiro atoms. The fourth-order valence-electron chi connectivity index (χ4n) is 3.55. The number of aryl methyl sites for hydroxylation is 1. The first-order valence-corrected chi connectivity index (χ1v) is 9.73. The number of likely N-dealkylation sites (tertiary alicyclic amines) is 1. The van der Waals surface area contributed by atoms with Crippen LogP contribution in [0.5, 0.6) is 0 Å². The molecule has 138 valence electrons. The van der Waals surface area contributed by atoms with Gasteiger partial charge < -0.3 is 5.32 Å². The highest BCUT2D eigenvalue weighted by Crippen LogP contribution is 2.23. The summed E-state index contributed by atoms with van der Waals surface area (Å²) < 4.78 is 0. The SMILES string of the molecule is Cc1ccc(C(C)NC(=O)C2CCCN(Cc3ccccc3Cl)C2)cc1. The first kappa shape index (κ1) is 18.9. The van der Waals surface area contributed by atoms with Gasteiger partial charge in [0.05, 0.1) is 12.0 Å². The summed E-state index contributed by atoms with van der Waals surface area (Å²) in [6.45, 7) is 6.73. The molecule has 0 bridgehead atoms. The van der Waals surface area contributed by atoms with Gasteiger partial charge in [0.25, 0.3) is 0 Å². The van der Waals surface area contributed by atoms with Gasteiger partial charge in [-0.2, -0.15) is 0 Å². The average molecular weight is 371 g/mol. The summed E-state index contributed by atoms with van der Waals surface area (Å²) in [6.07, 6.45) is 1.99. The topological polar surface area (TPSA) is 32.3 Å². The molecule has 1 aliphatic heterocycles. The van der Waals surface area contributed by atoms with Crippen LogP contribution >= 0.6 is 11.6 Å². The molecule has 1 heterocycles. The lowest BCUT2D eigenvalue weighted by molar-refractivity contribution is -0.127. The van der Waals surface area contributed by atoms with Crippen LogP contribution in [0.2, 0.25) is 5.02 Å². The Morgan fingerprint density at radius 1 is 1.23 bits per heavy atom. The molecule has 1 fully saturated rings. The lowest BCUT2D eigenvalue weighted by Gasteiger charge is -2.32. The molecule has 0 radical (unpaired) electrons. The Kier molecular flexibility index (Phi) is 6.33. The molecule has 1 N–H and O–H groups in total. The molecule has 2 aromatic rings. The summed E-state index contributed by atoms with van der Waals surface area (Å²) in [7, 11) is 0. The van der Waals surface area contributed by atoms with Gasteiger partial charge in [-0.05, 0) is 50.4 Å². The number of amides is 1. The molecule has 1 saturated heterocycles. The second-order valence-corrected chi connectivity index (χ2v) is 7.71. The van der Waals surface area contributed by atoms with E-state index in [-0.39, 0.29) is 17.9 Å². The summed E-state index contributed by atoms with van der Waals surface area (Å²) in [5.74, 6) is 0.195. The monoisotopic (exact) mass is 370 g/mol. The molecular weight excluding hydrogens is 344 g/mol. The number of nitrogens with zero attached hydrogens (tertiary/aromatic N) is 1. The van der Waals surface area contributed by atoms with E-state index in [4.69, 9.17) is 11.6 Å². The van der Waals surface area contributed by atoms with Gasteiger partial charge in [-0.25, -0.2) is 0 Å². The molecule has 0 aromatic heterocycles. The number of carbonyl (C=O) groups excluding carboxylic acids is 1.